The Morgan fingerprint density at radius 3 is 2.72 bits per heavy atom. The van der Waals surface area contributed by atoms with E-state index in [2.05, 4.69) is 25.0 Å². The van der Waals surface area contributed by atoms with Gasteiger partial charge in [0.05, 0.1) is 23.2 Å². The maximum Gasteiger partial charge on any atom is 0.573 e. The number of carbonyl (C=O) groups excluding carboxylic acids is 1. The summed E-state index contributed by atoms with van der Waals surface area (Å²) in [5, 5.41) is 2.80. The number of hydrogen-bond acceptors (Lipinski definition) is 7. The van der Waals surface area contributed by atoms with Gasteiger partial charge in [-0.2, -0.15) is 4.98 Å². The van der Waals surface area contributed by atoms with E-state index >= 15 is 0 Å². The van der Waals surface area contributed by atoms with Crippen LogP contribution in [0.3, 0.4) is 0 Å². The molecule has 29 heavy (non-hydrogen) atoms. The van der Waals surface area contributed by atoms with Gasteiger partial charge in [0.15, 0.2) is 5.58 Å². The van der Waals surface area contributed by atoms with Crippen LogP contribution in [0.5, 0.6) is 5.75 Å². The molecule has 0 radical (unpaired) electrons. The number of rotatable bonds is 5. The summed E-state index contributed by atoms with van der Waals surface area (Å²) >= 11 is 0. The van der Waals surface area contributed by atoms with Crippen molar-refractivity contribution in [3.8, 4) is 5.75 Å². The first-order valence-corrected chi connectivity index (χ1v) is 8.41. The lowest BCUT2D eigenvalue weighted by molar-refractivity contribution is -0.274. The first-order valence-electron chi connectivity index (χ1n) is 8.41. The van der Waals surface area contributed by atoms with Gasteiger partial charge < -0.3 is 18.9 Å². The Morgan fingerprint density at radius 2 is 1.97 bits per heavy atom. The normalized spacial score (nSPS) is 11.7. The number of nitrogens with one attached hydrogen (secondary N) is 2. The largest absolute Gasteiger partial charge is 0.573 e. The summed E-state index contributed by atoms with van der Waals surface area (Å²) in [7, 11) is 0. The van der Waals surface area contributed by atoms with Crippen LogP contribution in [0.1, 0.15) is 17.3 Å². The van der Waals surface area contributed by atoms with Crippen molar-refractivity contribution in [2.45, 2.75) is 13.3 Å². The molecule has 0 fully saturated rings. The van der Waals surface area contributed by atoms with Gasteiger partial charge in [0.2, 0.25) is 5.95 Å². The van der Waals surface area contributed by atoms with Crippen LogP contribution in [-0.2, 0) is 4.74 Å². The van der Waals surface area contributed by atoms with Crippen LogP contribution in [0, 0.1) is 0 Å². The minimum Gasteiger partial charge on any atom is -0.462 e. The van der Waals surface area contributed by atoms with Crippen molar-refractivity contribution in [3.05, 3.63) is 42.0 Å². The van der Waals surface area contributed by atoms with E-state index in [4.69, 9.17) is 9.15 Å². The molecule has 0 amide bonds. The number of halogens is 3. The number of benzene rings is 2. The van der Waals surface area contributed by atoms with E-state index in [-0.39, 0.29) is 24.2 Å². The number of carbonyl (C=O) groups is 1. The fraction of sp³-hybridized carbons (Fsp3) is 0.167. The number of H-pyrrole nitrogens is 1. The number of hydrogen-bond donors (Lipinski definition) is 2. The SMILES string of the molecule is CCOC(=O)c1ccc2nc(Nc3nc4ccc(OC(F)(F)F)cc4o3)[nH]c2c1. The molecule has 0 aliphatic rings. The molecule has 0 aliphatic heterocycles. The molecule has 2 aromatic heterocycles. The lowest BCUT2D eigenvalue weighted by Gasteiger charge is -2.07. The third kappa shape index (κ3) is 4.08. The maximum atomic E-state index is 12.3. The van der Waals surface area contributed by atoms with E-state index in [1.807, 2.05) is 0 Å². The van der Waals surface area contributed by atoms with Crippen molar-refractivity contribution in [3.63, 3.8) is 0 Å². The van der Waals surface area contributed by atoms with Gasteiger partial charge in [0, 0.05) is 6.07 Å². The van der Waals surface area contributed by atoms with Gasteiger partial charge in [0.1, 0.15) is 11.3 Å². The van der Waals surface area contributed by atoms with E-state index in [0.717, 1.165) is 12.1 Å². The number of nitrogens with zero attached hydrogens (tertiary/aromatic N) is 2. The monoisotopic (exact) mass is 406 g/mol. The average Bonchev–Trinajstić information content (AvgIpc) is 3.22. The van der Waals surface area contributed by atoms with E-state index in [1.165, 1.54) is 6.07 Å². The van der Waals surface area contributed by atoms with Gasteiger partial charge in [-0.15, -0.1) is 13.2 Å². The van der Waals surface area contributed by atoms with Crippen molar-refractivity contribution in [1.82, 2.24) is 15.0 Å². The summed E-state index contributed by atoms with van der Waals surface area (Å²) in [6.07, 6.45) is -4.80. The van der Waals surface area contributed by atoms with Crippen molar-refractivity contribution < 1.29 is 31.9 Å². The molecule has 0 saturated carbocycles. The third-order valence-corrected chi connectivity index (χ3v) is 3.81. The predicted octanol–water partition coefficient (Wildman–Crippen LogP) is 4.52. The number of alkyl halides is 3. The number of ether oxygens (including phenoxy) is 2. The molecule has 0 atom stereocenters. The first kappa shape index (κ1) is 18.6. The Labute approximate surface area is 160 Å². The second-order valence-electron chi connectivity index (χ2n) is 5.86. The Hall–Kier alpha value is -3.76. The Morgan fingerprint density at radius 1 is 1.17 bits per heavy atom. The summed E-state index contributed by atoms with van der Waals surface area (Å²) in [5.74, 6) is -0.586. The van der Waals surface area contributed by atoms with Crippen LogP contribution >= 0.6 is 0 Å². The van der Waals surface area contributed by atoms with Crippen LogP contribution in [0.4, 0.5) is 25.1 Å². The second-order valence-corrected chi connectivity index (χ2v) is 5.86. The quantitative estimate of drug-likeness (QED) is 0.470. The summed E-state index contributed by atoms with van der Waals surface area (Å²) < 4.78 is 51.2. The number of aromatic amines is 1. The van der Waals surface area contributed by atoms with Crippen molar-refractivity contribution >= 4 is 40.1 Å². The van der Waals surface area contributed by atoms with Gasteiger partial charge in [-0.3, -0.25) is 5.32 Å². The smallest absolute Gasteiger partial charge is 0.462 e. The second kappa shape index (κ2) is 7.00. The molecule has 4 rings (SSSR count). The molecular formula is C18H13F3N4O4. The summed E-state index contributed by atoms with van der Waals surface area (Å²) in [5.41, 5.74) is 1.97. The molecule has 150 valence electrons. The van der Waals surface area contributed by atoms with Gasteiger partial charge in [-0.1, -0.05) is 0 Å². The highest BCUT2D eigenvalue weighted by atomic mass is 19.4. The van der Waals surface area contributed by atoms with Crippen LogP contribution in [0.25, 0.3) is 22.1 Å². The third-order valence-electron chi connectivity index (χ3n) is 3.81. The Bertz CT molecular complexity index is 1200. The van der Waals surface area contributed by atoms with Gasteiger partial charge in [0.25, 0.3) is 0 Å². The fourth-order valence-corrected chi connectivity index (χ4v) is 2.67. The minimum absolute atomic E-state index is 0.0221. The first-order chi connectivity index (χ1) is 13.8. The number of anilines is 2. The molecule has 2 N–H and O–H groups in total. The molecule has 0 saturated heterocycles. The van der Waals surface area contributed by atoms with Crippen molar-refractivity contribution in [1.29, 1.82) is 0 Å². The van der Waals surface area contributed by atoms with Gasteiger partial charge >= 0.3 is 18.3 Å². The molecule has 8 nitrogen and oxygen atoms in total. The summed E-state index contributed by atoms with van der Waals surface area (Å²) in [6.45, 7) is 1.98. The summed E-state index contributed by atoms with van der Waals surface area (Å²) in [6, 6.07) is 8.43. The highest BCUT2D eigenvalue weighted by molar-refractivity contribution is 5.94. The number of esters is 1. The number of aromatic nitrogens is 3. The van der Waals surface area contributed by atoms with E-state index < -0.39 is 18.1 Å². The van der Waals surface area contributed by atoms with E-state index in [0.29, 0.717) is 22.1 Å². The highest BCUT2D eigenvalue weighted by Crippen LogP contribution is 2.29. The molecule has 2 aromatic carbocycles. The number of fused-ring (bicyclic) bond motifs is 2. The number of imidazole rings is 1. The molecule has 4 aromatic rings. The summed E-state index contributed by atoms with van der Waals surface area (Å²) in [4.78, 5) is 23.2. The van der Waals surface area contributed by atoms with Gasteiger partial charge in [-0.05, 0) is 37.3 Å². The highest BCUT2D eigenvalue weighted by Gasteiger charge is 2.31. The van der Waals surface area contributed by atoms with E-state index in [9.17, 15) is 18.0 Å². The topological polar surface area (TPSA) is 102 Å². The molecule has 2 heterocycles. The molecule has 0 unspecified atom stereocenters. The van der Waals surface area contributed by atoms with Gasteiger partial charge in [-0.25, -0.2) is 9.78 Å². The minimum atomic E-state index is -4.80. The standard InChI is InChI=1S/C18H13F3N4O4/c1-2-27-15(26)9-3-5-11-13(7-9)23-16(22-11)25-17-24-12-6-4-10(8-14(12)28-17)29-18(19,20)21/h3-8H,2H2,1H3,(H2,22,23,24,25). The van der Waals surface area contributed by atoms with Crippen LogP contribution in [-0.4, -0.2) is 33.9 Å². The predicted molar refractivity (Wildman–Crippen MR) is 96.0 cm³/mol. The molecule has 0 aliphatic carbocycles. The molecule has 0 bridgehead atoms. The average molecular weight is 406 g/mol. The lowest BCUT2D eigenvalue weighted by atomic mass is 10.2. The van der Waals surface area contributed by atoms with Crippen molar-refractivity contribution in [2.24, 2.45) is 0 Å². The zero-order chi connectivity index (χ0) is 20.6. The Balaban J connectivity index is 1.57. The fourth-order valence-electron chi connectivity index (χ4n) is 2.67. The molecule has 0 spiro atoms. The molecular weight excluding hydrogens is 393 g/mol. The van der Waals surface area contributed by atoms with E-state index in [1.54, 1.807) is 25.1 Å². The maximum absolute atomic E-state index is 12.3. The Kier molecular flexibility index (Phi) is 4.49. The van der Waals surface area contributed by atoms with Crippen LogP contribution < -0.4 is 10.1 Å². The molecule has 11 heteroatoms. The zero-order valence-corrected chi connectivity index (χ0v) is 14.8. The van der Waals surface area contributed by atoms with Crippen LogP contribution in [0.15, 0.2) is 40.8 Å². The zero-order valence-electron chi connectivity index (χ0n) is 14.8. The van der Waals surface area contributed by atoms with Crippen molar-refractivity contribution in [2.75, 3.05) is 11.9 Å². The lowest BCUT2D eigenvalue weighted by Crippen LogP contribution is -2.16. The van der Waals surface area contributed by atoms with Crippen LogP contribution in [0.2, 0.25) is 0 Å². The number of oxazole rings is 1.